The largest absolute Gasteiger partial charge is 0.289 e. The van der Waals surface area contributed by atoms with Gasteiger partial charge in [-0.25, -0.2) is 4.68 Å². The lowest BCUT2D eigenvalue weighted by Gasteiger charge is -2.19. The van der Waals surface area contributed by atoms with Crippen LogP contribution in [0.3, 0.4) is 0 Å². The van der Waals surface area contributed by atoms with Crippen LogP contribution in [0.2, 0.25) is 0 Å². The highest BCUT2D eigenvalue weighted by atomic mass is 32.2. The van der Waals surface area contributed by atoms with Crippen LogP contribution < -0.4 is 5.43 Å². The van der Waals surface area contributed by atoms with Crippen LogP contribution in [0.4, 0.5) is 0 Å². The molecule has 1 aromatic heterocycles. The second kappa shape index (κ2) is 7.02. The third kappa shape index (κ3) is 3.10. The van der Waals surface area contributed by atoms with Gasteiger partial charge >= 0.3 is 0 Å². The molecule has 2 heterocycles. The van der Waals surface area contributed by atoms with E-state index in [0.717, 1.165) is 27.8 Å². The monoisotopic (exact) mass is 382 g/mol. The Morgan fingerprint density at radius 3 is 2.11 bits per heavy atom. The zero-order chi connectivity index (χ0) is 18.9. The smallest absolute Gasteiger partial charge is 0.214 e. The van der Waals surface area contributed by atoms with Crippen molar-refractivity contribution in [1.82, 2.24) is 14.9 Å². The van der Waals surface area contributed by atoms with Crippen LogP contribution in [-0.4, -0.2) is 14.9 Å². The topological polar surface area (TPSA) is 42.7 Å². The van der Waals surface area contributed by atoms with Gasteiger partial charge in [-0.1, -0.05) is 96.2 Å². The molecular formula is C23H18N4S. The first-order valence-corrected chi connectivity index (χ1v) is 9.98. The summed E-state index contributed by atoms with van der Waals surface area (Å²) in [6.45, 7) is 2.08. The molecule has 0 fully saturated rings. The number of thioether (sulfide) groups is 1. The molecule has 1 N–H and O–H groups in total. The summed E-state index contributed by atoms with van der Waals surface area (Å²) in [7, 11) is 0. The fourth-order valence-electron chi connectivity index (χ4n) is 3.20. The average molecular weight is 382 g/mol. The number of nitrogens with zero attached hydrogens (tertiary/aromatic N) is 3. The Morgan fingerprint density at radius 2 is 1.36 bits per heavy atom. The summed E-state index contributed by atoms with van der Waals surface area (Å²) < 4.78 is 1.95. The van der Waals surface area contributed by atoms with Gasteiger partial charge in [-0.15, -0.1) is 10.2 Å². The van der Waals surface area contributed by atoms with Crippen molar-refractivity contribution in [3.63, 3.8) is 0 Å². The van der Waals surface area contributed by atoms with E-state index in [1.165, 1.54) is 16.7 Å². The molecule has 0 saturated heterocycles. The molecule has 4 nitrogen and oxygen atoms in total. The van der Waals surface area contributed by atoms with Crippen LogP contribution in [0, 0.1) is 6.92 Å². The molecule has 0 radical (unpaired) electrons. The molecule has 4 aromatic rings. The summed E-state index contributed by atoms with van der Waals surface area (Å²) in [5, 5.41) is 11.6. The fourth-order valence-corrected chi connectivity index (χ4v) is 3.94. The quantitative estimate of drug-likeness (QED) is 0.503. The normalized spacial score (nSPS) is 12.8. The standard InChI is InChI=1S/C23H18N4S/c1-16-7-9-20(10-8-16)22-24-25-23-27(22)26-21(15-28-23)19-13-11-18(12-14-19)17-5-3-2-4-6-17/h2-15,26H,1H3. The Kier molecular flexibility index (Phi) is 4.22. The first kappa shape index (κ1) is 16.8. The summed E-state index contributed by atoms with van der Waals surface area (Å²) in [5.41, 5.74) is 10.3. The minimum absolute atomic E-state index is 0.814. The molecule has 0 atom stereocenters. The van der Waals surface area contributed by atoms with E-state index >= 15 is 0 Å². The van der Waals surface area contributed by atoms with Gasteiger partial charge in [-0.2, -0.15) is 0 Å². The molecule has 136 valence electrons. The number of aromatic nitrogens is 3. The van der Waals surface area contributed by atoms with E-state index in [1.807, 2.05) is 10.7 Å². The Labute approximate surface area is 167 Å². The number of aryl methyl sites for hydroxylation is 1. The maximum Gasteiger partial charge on any atom is 0.214 e. The van der Waals surface area contributed by atoms with E-state index in [2.05, 4.69) is 101 Å². The maximum atomic E-state index is 4.38. The lowest BCUT2D eigenvalue weighted by atomic mass is 10.0. The minimum Gasteiger partial charge on any atom is -0.289 e. The molecule has 1 aliphatic heterocycles. The molecule has 0 bridgehead atoms. The van der Waals surface area contributed by atoms with Crippen LogP contribution in [-0.2, 0) is 0 Å². The van der Waals surface area contributed by atoms with Crippen molar-refractivity contribution in [1.29, 1.82) is 0 Å². The van der Waals surface area contributed by atoms with Crippen molar-refractivity contribution in [2.45, 2.75) is 12.1 Å². The number of benzene rings is 3. The molecule has 1 aliphatic rings. The second-order valence-electron chi connectivity index (χ2n) is 6.71. The average Bonchev–Trinajstić information content (AvgIpc) is 3.18. The second-order valence-corrected chi connectivity index (χ2v) is 7.55. The van der Waals surface area contributed by atoms with Gasteiger partial charge in [0.05, 0.1) is 5.70 Å². The summed E-state index contributed by atoms with van der Waals surface area (Å²) in [6, 6.07) is 27.3. The van der Waals surface area contributed by atoms with Crippen LogP contribution in [0.15, 0.2) is 89.4 Å². The first-order valence-electron chi connectivity index (χ1n) is 9.10. The van der Waals surface area contributed by atoms with E-state index in [-0.39, 0.29) is 0 Å². The van der Waals surface area contributed by atoms with Gasteiger partial charge in [-0.3, -0.25) is 5.43 Å². The molecule has 3 aromatic carbocycles. The van der Waals surface area contributed by atoms with Gasteiger partial charge in [0.25, 0.3) is 0 Å². The van der Waals surface area contributed by atoms with Gasteiger partial charge in [0.2, 0.25) is 5.16 Å². The van der Waals surface area contributed by atoms with Crippen LogP contribution >= 0.6 is 11.8 Å². The zero-order valence-electron chi connectivity index (χ0n) is 15.3. The summed E-state index contributed by atoms with van der Waals surface area (Å²) in [4.78, 5) is 0. The highest BCUT2D eigenvalue weighted by Crippen LogP contribution is 2.32. The first-order chi connectivity index (χ1) is 13.8. The summed E-state index contributed by atoms with van der Waals surface area (Å²) in [6.07, 6.45) is 0. The molecule has 5 rings (SSSR count). The van der Waals surface area contributed by atoms with E-state index in [4.69, 9.17) is 0 Å². The molecule has 0 saturated carbocycles. The number of fused-ring (bicyclic) bond motifs is 1. The molecule has 0 amide bonds. The lowest BCUT2D eigenvalue weighted by molar-refractivity contribution is 0.826. The van der Waals surface area contributed by atoms with Crippen LogP contribution in [0.25, 0.3) is 28.2 Å². The Hall–Kier alpha value is -3.31. The number of rotatable bonds is 3. The van der Waals surface area contributed by atoms with Crippen LogP contribution in [0.5, 0.6) is 0 Å². The minimum atomic E-state index is 0.814. The summed E-state index contributed by atoms with van der Waals surface area (Å²) >= 11 is 1.58. The lowest BCUT2D eigenvalue weighted by Crippen LogP contribution is -2.18. The summed E-state index contributed by atoms with van der Waals surface area (Å²) in [5.74, 6) is 0.814. The molecule has 0 spiro atoms. The fraction of sp³-hybridized carbons (Fsp3) is 0.0435. The zero-order valence-corrected chi connectivity index (χ0v) is 16.1. The van der Waals surface area contributed by atoms with Crippen molar-refractivity contribution in [2.24, 2.45) is 0 Å². The highest BCUT2D eigenvalue weighted by Gasteiger charge is 2.19. The van der Waals surface area contributed by atoms with Crippen molar-refractivity contribution < 1.29 is 0 Å². The van der Waals surface area contributed by atoms with Crippen molar-refractivity contribution >= 4 is 17.5 Å². The van der Waals surface area contributed by atoms with E-state index < -0.39 is 0 Å². The van der Waals surface area contributed by atoms with Gasteiger partial charge in [0.1, 0.15) is 0 Å². The van der Waals surface area contributed by atoms with Crippen molar-refractivity contribution in [3.05, 3.63) is 95.4 Å². The Morgan fingerprint density at radius 1 is 0.714 bits per heavy atom. The predicted molar refractivity (Wildman–Crippen MR) is 115 cm³/mol. The van der Waals surface area contributed by atoms with E-state index in [1.54, 1.807) is 11.8 Å². The molecule has 5 heteroatoms. The Balaban J connectivity index is 1.43. The third-order valence-electron chi connectivity index (χ3n) is 4.76. The van der Waals surface area contributed by atoms with E-state index in [0.29, 0.717) is 0 Å². The molecule has 0 unspecified atom stereocenters. The molecule has 28 heavy (non-hydrogen) atoms. The van der Waals surface area contributed by atoms with Gasteiger partial charge < -0.3 is 0 Å². The van der Waals surface area contributed by atoms with Crippen LogP contribution in [0.1, 0.15) is 11.1 Å². The van der Waals surface area contributed by atoms with Gasteiger partial charge in [0.15, 0.2) is 5.82 Å². The predicted octanol–water partition coefficient (Wildman–Crippen LogP) is 5.57. The van der Waals surface area contributed by atoms with Gasteiger partial charge in [0, 0.05) is 11.0 Å². The number of hydrogen-bond donors (Lipinski definition) is 1. The van der Waals surface area contributed by atoms with Gasteiger partial charge in [-0.05, 0) is 23.6 Å². The Bertz CT molecular complexity index is 1140. The maximum absolute atomic E-state index is 4.38. The van der Waals surface area contributed by atoms with Crippen molar-refractivity contribution in [2.75, 3.05) is 5.43 Å². The van der Waals surface area contributed by atoms with E-state index in [9.17, 15) is 0 Å². The highest BCUT2D eigenvalue weighted by molar-refractivity contribution is 8.02. The third-order valence-corrected chi connectivity index (χ3v) is 5.59. The number of nitrogens with one attached hydrogen (secondary N) is 1. The molecule has 0 aliphatic carbocycles. The number of hydrogen-bond acceptors (Lipinski definition) is 4. The molecular weight excluding hydrogens is 364 g/mol. The van der Waals surface area contributed by atoms with Crippen molar-refractivity contribution in [3.8, 4) is 22.5 Å². The SMILES string of the molecule is Cc1ccc(-c2nnc3n2NC(c2ccc(-c4ccccc4)cc2)=CS3)cc1.